The van der Waals surface area contributed by atoms with E-state index in [1.165, 1.54) is 0 Å². The molecule has 0 fully saturated rings. The number of carboxylic acids is 1. The van der Waals surface area contributed by atoms with Crippen LogP contribution < -0.4 is 11.5 Å². The van der Waals surface area contributed by atoms with E-state index in [0.717, 1.165) is 11.1 Å². The van der Waals surface area contributed by atoms with Crippen molar-refractivity contribution < 1.29 is 9.90 Å². The number of carbonyl (C=O) groups is 1. The van der Waals surface area contributed by atoms with E-state index in [1.54, 1.807) is 6.07 Å². The fraction of sp³-hybridized carbons (Fsp3) is 0.300. The first-order valence-corrected chi connectivity index (χ1v) is 4.34. The van der Waals surface area contributed by atoms with E-state index in [-0.39, 0.29) is 6.42 Å². The molecular formula is C10H14N2O2. The lowest BCUT2D eigenvalue weighted by atomic mass is 10.0. The number of anilines is 1. The fourth-order valence-corrected chi connectivity index (χ4v) is 1.24. The SMILES string of the molecule is Cc1cccc(CC(N)C(=O)O)c1N. The first kappa shape index (κ1) is 10.5. The zero-order valence-corrected chi connectivity index (χ0v) is 8.03. The minimum atomic E-state index is -1.01. The van der Waals surface area contributed by atoms with Gasteiger partial charge >= 0.3 is 5.97 Å². The van der Waals surface area contributed by atoms with Crippen LogP contribution in [0.5, 0.6) is 0 Å². The Morgan fingerprint density at radius 3 is 2.79 bits per heavy atom. The van der Waals surface area contributed by atoms with Crippen molar-refractivity contribution in [3.63, 3.8) is 0 Å². The van der Waals surface area contributed by atoms with Gasteiger partial charge in [0, 0.05) is 12.1 Å². The van der Waals surface area contributed by atoms with Crippen molar-refractivity contribution in [3.05, 3.63) is 29.3 Å². The quantitative estimate of drug-likeness (QED) is 0.612. The number of aryl methyl sites for hydroxylation is 1. The molecule has 4 heteroatoms. The minimum Gasteiger partial charge on any atom is -0.480 e. The molecule has 1 aromatic carbocycles. The van der Waals surface area contributed by atoms with Gasteiger partial charge in [-0.3, -0.25) is 4.79 Å². The molecule has 0 spiro atoms. The first-order chi connectivity index (χ1) is 6.52. The van der Waals surface area contributed by atoms with Gasteiger partial charge in [0.05, 0.1) is 0 Å². The molecular weight excluding hydrogens is 180 g/mol. The average Bonchev–Trinajstić information content (AvgIpc) is 2.12. The van der Waals surface area contributed by atoms with Crippen molar-refractivity contribution in [2.75, 3.05) is 5.73 Å². The van der Waals surface area contributed by atoms with E-state index in [9.17, 15) is 4.79 Å². The number of hydrogen-bond donors (Lipinski definition) is 3. The lowest BCUT2D eigenvalue weighted by Crippen LogP contribution is -2.32. The van der Waals surface area contributed by atoms with Crippen LogP contribution in [0.2, 0.25) is 0 Å². The second kappa shape index (κ2) is 4.11. The summed E-state index contributed by atoms with van der Waals surface area (Å²) in [7, 11) is 0. The summed E-state index contributed by atoms with van der Waals surface area (Å²) in [5.41, 5.74) is 13.6. The number of aliphatic carboxylic acids is 1. The Morgan fingerprint density at radius 1 is 1.57 bits per heavy atom. The summed E-state index contributed by atoms with van der Waals surface area (Å²) in [6.45, 7) is 1.88. The van der Waals surface area contributed by atoms with E-state index in [1.807, 2.05) is 19.1 Å². The Hall–Kier alpha value is -1.55. The van der Waals surface area contributed by atoms with Gasteiger partial charge < -0.3 is 16.6 Å². The molecule has 0 radical (unpaired) electrons. The van der Waals surface area contributed by atoms with Crippen molar-refractivity contribution in [2.24, 2.45) is 5.73 Å². The molecule has 14 heavy (non-hydrogen) atoms. The Balaban J connectivity index is 2.87. The summed E-state index contributed by atoms with van der Waals surface area (Å²) in [5.74, 6) is -1.01. The molecule has 5 N–H and O–H groups in total. The van der Waals surface area contributed by atoms with Crippen LogP contribution in [0.4, 0.5) is 5.69 Å². The molecule has 0 aliphatic rings. The molecule has 0 aromatic heterocycles. The van der Waals surface area contributed by atoms with E-state index in [0.29, 0.717) is 5.69 Å². The molecule has 0 aliphatic carbocycles. The molecule has 1 rings (SSSR count). The number of para-hydroxylation sites is 1. The maximum Gasteiger partial charge on any atom is 0.320 e. The summed E-state index contributed by atoms with van der Waals surface area (Å²) in [6.07, 6.45) is 0.267. The van der Waals surface area contributed by atoms with Crippen molar-refractivity contribution in [1.82, 2.24) is 0 Å². The number of benzene rings is 1. The van der Waals surface area contributed by atoms with Crippen molar-refractivity contribution in [1.29, 1.82) is 0 Å². The molecule has 0 amide bonds. The maximum absolute atomic E-state index is 10.5. The number of carboxylic acid groups (broad SMARTS) is 1. The second-order valence-electron chi connectivity index (χ2n) is 3.30. The van der Waals surface area contributed by atoms with Crippen LogP contribution >= 0.6 is 0 Å². The van der Waals surface area contributed by atoms with E-state index in [2.05, 4.69) is 0 Å². The number of nitrogen functional groups attached to an aromatic ring is 1. The molecule has 76 valence electrons. The van der Waals surface area contributed by atoms with Gasteiger partial charge in [-0.1, -0.05) is 18.2 Å². The third kappa shape index (κ3) is 2.23. The smallest absolute Gasteiger partial charge is 0.320 e. The molecule has 1 atom stereocenters. The van der Waals surface area contributed by atoms with Gasteiger partial charge in [-0.05, 0) is 18.1 Å². The minimum absolute atomic E-state index is 0.267. The van der Waals surface area contributed by atoms with E-state index < -0.39 is 12.0 Å². The lowest BCUT2D eigenvalue weighted by molar-refractivity contribution is -0.138. The zero-order chi connectivity index (χ0) is 10.7. The summed E-state index contributed by atoms with van der Waals surface area (Å²) < 4.78 is 0. The van der Waals surface area contributed by atoms with Crippen LogP contribution in [0.3, 0.4) is 0 Å². The van der Waals surface area contributed by atoms with Crippen LogP contribution in [0.1, 0.15) is 11.1 Å². The fourth-order valence-electron chi connectivity index (χ4n) is 1.24. The Kier molecular flexibility index (Phi) is 3.09. The first-order valence-electron chi connectivity index (χ1n) is 4.34. The van der Waals surface area contributed by atoms with Crippen LogP contribution in [0.25, 0.3) is 0 Å². The third-order valence-corrected chi connectivity index (χ3v) is 2.17. The largest absolute Gasteiger partial charge is 0.480 e. The molecule has 1 unspecified atom stereocenters. The van der Waals surface area contributed by atoms with E-state index >= 15 is 0 Å². The standard InChI is InChI=1S/C10H14N2O2/c1-6-3-2-4-7(9(6)12)5-8(11)10(13)14/h2-4,8H,5,11-12H2,1H3,(H,13,14). The van der Waals surface area contributed by atoms with Crippen molar-refractivity contribution >= 4 is 11.7 Å². The summed E-state index contributed by atoms with van der Waals surface area (Å²) in [5, 5.41) is 8.64. The van der Waals surface area contributed by atoms with Crippen LogP contribution in [-0.2, 0) is 11.2 Å². The second-order valence-corrected chi connectivity index (χ2v) is 3.30. The Morgan fingerprint density at radius 2 is 2.21 bits per heavy atom. The maximum atomic E-state index is 10.5. The summed E-state index contributed by atoms with van der Waals surface area (Å²) in [4.78, 5) is 10.5. The van der Waals surface area contributed by atoms with Crippen molar-refractivity contribution in [2.45, 2.75) is 19.4 Å². The van der Waals surface area contributed by atoms with Gasteiger partial charge in [-0.15, -0.1) is 0 Å². The van der Waals surface area contributed by atoms with Gasteiger partial charge in [0.2, 0.25) is 0 Å². The van der Waals surface area contributed by atoms with Crippen LogP contribution in [0, 0.1) is 6.92 Å². The summed E-state index contributed by atoms with van der Waals surface area (Å²) in [6, 6.07) is 4.63. The lowest BCUT2D eigenvalue weighted by Gasteiger charge is -2.10. The zero-order valence-electron chi connectivity index (χ0n) is 8.03. The van der Waals surface area contributed by atoms with Crippen LogP contribution in [0.15, 0.2) is 18.2 Å². The molecule has 0 aliphatic heterocycles. The predicted molar refractivity (Wildman–Crippen MR) is 54.9 cm³/mol. The monoisotopic (exact) mass is 194 g/mol. The molecule has 1 aromatic rings. The molecule has 0 heterocycles. The van der Waals surface area contributed by atoms with Crippen LogP contribution in [-0.4, -0.2) is 17.1 Å². The van der Waals surface area contributed by atoms with Crippen molar-refractivity contribution in [3.8, 4) is 0 Å². The normalized spacial score (nSPS) is 12.4. The Bertz CT molecular complexity index is 350. The summed E-state index contributed by atoms with van der Waals surface area (Å²) >= 11 is 0. The molecule has 0 bridgehead atoms. The highest BCUT2D eigenvalue weighted by Gasteiger charge is 2.13. The number of rotatable bonds is 3. The highest BCUT2D eigenvalue weighted by Crippen LogP contribution is 2.17. The highest BCUT2D eigenvalue weighted by atomic mass is 16.4. The molecule has 4 nitrogen and oxygen atoms in total. The third-order valence-electron chi connectivity index (χ3n) is 2.17. The molecule has 0 saturated carbocycles. The van der Waals surface area contributed by atoms with E-state index in [4.69, 9.17) is 16.6 Å². The predicted octanol–water partition coefficient (Wildman–Crippen LogP) is 0.532. The number of nitrogens with two attached hydrogens (primary N) is 2. The van der Waals surface area contributed by atoms with Gasteiger partial charge in [-0.2, -0.15) is 0 Å². The molecule has 0 saturated heterocycles. The van der Waals surface area contributed by atoms with Gasteiger partial charge in [-0.25, -0.2) is 0 Å². The van der Waals surface area contributed by atoms with Gasteiger partial charge in [0.1, 0.15) is 6.04 Å². The topological polar surface area (TPSA) is 89.3 Å². The Labute approximate surface area is 82.5 Å². The highest BCUT2D eigenvalue weighted by molar-refractivity contribution is 5.74. The number of hydrogen-bond acceptors (Lipinski definition) is 3. The average molecular weight is 194 g/mol. The van der Waals surface area contributed by atoms with Gasteiger partial charge in [0.25, 0.3) is 0 Å². The van der Waals surface area contributed by atoms with Gasteiger partial charge in [0.15, 0.2) is 0 Å².